The van der Waals surface area contributed by atoms with Gasteiger partial charge in [0.2, 0.25) is 16.3 Å². The highest BCUT2D eigenvalue weighted by molar-refractivity contribution is 7.92. The van der Waals surface area contributed by atoms with Crippen LogP contribution in [0.3, 0.4) is 0 Å². The molecule has 14 nitrogen and oxygen atoms in total. The van der Waals surface area contributed by atoms with E-state index in [1.165, 1.54) is 63.7 Å². The molecule has 1 aliphatic heterocycles. The van der Waals surface area contributed by atoms with Crippen LogP contribution in [-0.4, -0.2) is 76.0 Å². The molecular formula is C40H37F2N5O9S. The number of ether oxygens (including phenoxy) is 3. The molecule has 2 N–H and O–H groups in total. The lowest BCUT2D eigenvalue weighted by Crippen LogP contribution is -2.45. The van der Waals surface area contributed by atoms with Crippen molar-refractivity contribution >= 4 is 55.6 Å². The maximum absolute atomic E-state index is 15.3. The smallest absolute Gasteiger partial charge is 0.407 e. The molecule has 7 rings (SSSR count). The third-order valence-electron chi connectivity index (χ3n) is 9.71. The number of hydrogen-bond donors (Lipinski definition) is 2. The molecule has 3 aromatic heterocycles. The van der Waals surface area contributed by atoms with E-state index in [-0.39, 0.29) is 63.2 Å². The van der Waals surface area contributed by atoms with Crippen LogP contribution in [0.4, 0.5) is 19.3 Å². The second kappa shape index (κ2) is 14.9. The Balaban J connectivity index is 1.37. The number of carbonyl (C=O) groups excluding carboxylic acids is 3. The molecule has 2 amide bonds. The molecule has 3 aromatic carbocycles. The Morgan fingerprint density at radius 2 is 1.75 bits per heavy atom. The summed E-state index contributed by atoms with van der Waals surface area (Å²) in [7, 11) is 0.127. The molecule has 0 saturated carbocycles. The molecule has 2 atom stereocenters. The SMILES string of the molecule is CNC(=O)c1c(-c2ccc(F)cc2)oc2cc(N(C)S(C)(=O)=O)c(-c3ccc4c(n3)-c3cc5c(F)cccc5n3C(COC(=O)[C@@H](NC(=O)OC)C(C)C)O4)cc12. The highest BCUT2D eigenvalue weighted by Gasteiger charge is 2.34. The van der Waals surface area contributed by atoms with Crippen molar-refractivity contribution in [1.82, 2.24) is 20.2 Å². The molecular weight excluding hydrogens is 765 g/mol. The van der Waals surface area contributed by atoms with Gasteiger partial charge in [0.1, 0.15) is 47.1 Å². The first-order valence-electron chi connectivity index (χ1n) is 17.6. The van der Waals surface area contributed by atoms with Gasteiger partial charge in [-0.05, 0) is 66.6 Å². The number of rotatable bonds is 10. The average Bonchev–Trinajstić information content (AvgIpc) is 3.77. The average molecular weight is 802 g/mol. The van der Waals surface area contributed by atoms with Crippen LogP contribution in [0.5, 0.6) is 5.75 Å². The van der Waals surface area contributed by atoms with Crippen molar-refractivity contribution in [3.63, 3.8) is 0 Å². The number of esters is 1. The zero-order valence-corrected chi connectivity index (χ0v) is 32.4. The van der Waals surface area contributed by atoms with Gasteiger partial charge in [0.05, 0.1) is 41.5 Å². The number of carbonyl (C=O) groups is 3. The van der Waals surface area contributed by atoms with Crippen LogP contribution in [-0.2, 0) is 24.3 Å². The highest BCUT2D eigenvalue weighted by atomic mass is 32.2. The summed E-state index contributed by atoms with van der Waals surface area (Å²) in [5.41, 5.74) is 2.51. The number of amides is 2. The second-order valence-electron chi connectivity index (χ2n) is 13.7. The summed E-state index contributed by atoms with van der Waals surface area (Å²) >= 11 is 0. The van der Waals surface area contributed by atoms with Crippen LogP contribution in [0.25, 0.3) is 55.8 Å². The molecule has 0 spiro atoms. The van der Waals surface area contributed by atoms with Gasteiger partial charge in [-0.2, -0.15) is 0 Å². The van der Waals surface area contributed by atoms with Crippen LogP contribution >= 0.6 is 0 Å². The highest BCUT2D eigenvalue weighted by Crippen LogP contribution is 2.45. The Bertz CT molecular complexity index is 2690. The molecule has 0 aliphatic carbocycles. The maximum Gasteiger partial charge on any atom is 0.407 e. The fourth-order valence-electron chi connectivity index (χ4n) is 6.75. The fraction of sp³-hybridized carbons (Fsp3) is 0.250. The molecule has 57 heavy (non-hydrogen) atoms. The Morgan fingerprint density at radius 3 is 2.42 bits per heavy atom. The summed E-state index contributed by atoms with van der Waals surface area (Å²) in [5, 5.41) is 5.65. The number of hydrogen-bond acceptors (Lipinski definition) is 10. The van der Waals surface area contributed by atoms with Crippen molar-refractivity contribution in [3.05, 3.63) is 90.0 Å². The van der Waals surface area contributed by atoms with E-state index >= 15 is 4.39 Å². The number of methoxy groups -OCH3 is 1. The number of sulfonamides is 1. The number of furan rings is 1. The molecule has 296 valence electrons. The van der Waals surface area contributed by atoms with Gasteiger partial charge in [0, 0.05) is 42.1 Å². The molecule has 0 bridgehead atoms. The minimum Gasteiger partial charge on any atom is -0.464 e. The minimum atomic E-state index is -3.86. The van der Waals surface area contributed by atoms with E-state index in [2.05, 4.69) is 15.4 Å². The number of pyridine rings is 1. The first-order valence-corrected chi connectivity index (χ1v) is 19.5. The summed E-state index contributed by atoms with van der Waals surface area (Å²) in [4.78, 5) is 43.5. The van der Waals surface area contributed by atoms with E-state index in [9.17, 15) is 27.2 Å². The predicted molar refractivity (Wildman–Crippen MR) is 207 cm³/mol. The monoisotopic (exact) mass is 801 g/mol. The van der Waals surface area contributed by atoms with Gasteiger partial charge in [-0.3, -0.25) is 13.7 Å². The molecule has 0 saturated heterocycles. The number of fused-ring (bicyclic) bond motifs is 6. The third kappa shape index (κ3) is 7.09. The van der Waals surface area contributed by atoms with E-state index in [0.717, 1.165) is 10.6 Å². The van der Waals surface area contributed by atoms with Gasteiger partial charge in [0.25, 0.3) is 5.91 Å². The first kappa shape index (κ1) is 38.8. The number of nitrogens with zero attached hydrogens (tertiary/aromatic N) is 3. The van der Waals surface area contributed by atoms with Crippen LogP contribution in [0.2, 0.25) is 0 Å². The van der Waals surface area contributed by atoms with Gasteiger partial charge in [0.15, 0.2) is 0 Å². The molecule has 4 heterocycles. The lowest BCUT2D eigenvalue weighted by atomic mass is 10.0. The predicted octanol–water partition coefficient (Wildman–Crippen LogP) is 6.63. The Labute approximate surface area is 325 Å². The van der Waals surface area contributed by atoms with Crippen LogP contribution in [0, 0.1) is 17.6 Å². The minimum absolute atomic E-state index is 0.129. The Kier molecular flexibility index (Phi) is 10.1. The van der Waals surface area contributed by atoms with Gasteiger partial charge < -0.3 is 29.3 Å². The third-order valence-corrected chi connectivity index (χ3v) is 10.9. The van der Waals surface area contributed by atoms with Gasteiger partial charge in [-0.25, -0.2) is 31.8 Å². The Hall–Kier alpha value is -6.49. The first-order chi connectivity index (χ1) is 27.1. The summed E-state index contributed by atoms with van der Waals surface area (Å²) < 4.78 is 80.8. The van der Waals surface area contributed by atoms with Crippen LogP contribution in [0.1, 0.15) is 30.4 Å². The number of alkyl carbamates (subject to hydrolysis) is 1. The van der Waals surface area contributed by atoms with E-state index < -0.39 is 51.9 Å². The van der Waals surface area contributed by atoms with E-state index in [4.69, 9.17) is 18.9 Å². The van der Waals surface area contributed by atoms with E-state index in [0.29, 0.717) is 22.2 Å². The summed E-state index contributed by atoms with van der Waals surface area (Å²) in [6, 6.07) is 16.7. The van der Waals surface area contributed by atoms with Crippen LogP contribution < -0.4 is 19.7 Å². The van der Waals surface area contributed by atoms with Crippen molar-refractivity contribution in [3.8, 4) is 39.7 Å². The molecule has 17 heteroatoms. The maximum atomic E-state index is 15.3. The zero-order valence-electron chi connectivity index (χ0n) is 31.5. The number of halogens is 2. The molecule has 1 aliphatic rings. The number of nitrogens with one attached hydrogen (secondary N) is 2. The summed E-state index contributed by atoms with van der Waals surface area (Å²) in [6.45, 7) is 3.12. The van der Waals surface area contributed by atoms with Gasteiger partial charge >= 0.3 is 12.1 Å². The van der Waals surface area contributed by atoms with Gasteiger partial charge in [-0.15, -0.1) is 0 Å². The largest absolute Gasteiger partial charge is 0.464 e. The van der Waals surface area contributed by atoms with Crippen molar-refractivity contribution < 1.29 is 50.2 Å². The van der Waals surface area contributed by atoms with Crippen molar-refractivity contribution in [2.45, 2.75) is 26.1 Å². The zero-order chi connectivity index (χ0) is 40.9. The standard InChI is InChI=1S/C40H37F2N5O9S/c1-20(2)35(45-40(50)53-5)39(49)54-19-33-47-28-9-7-8-26(42)23(28)17-30(47)36-31(55-33)15-14-27(44-36)24-16-25-32(18-29(24)46(4)57(6,51)52)56-37(34(25)38(48)43-3)21-10-12-22(41)13-11-21/h7-18,20,33,35H,19H2,1-6H3,(H,43,48)(H,45,50)/t33?,35-/m0/s1. The molecule has 0 radical (unpaired) electrons. The molecule has 0 fully saturated rings. The van der Waals surface area contributed by atoms with E-state index in [1.807, 2.05) is 0 Å². The Morgan fingerprint density at radius 1 is 1.02 bits per heavy atom. The quantitative estimate of drug-likeness (QED) is 0.143. The number of aromatic nitrogens is 2. The van der Waals surface area contributed by atoms with Crippen LogP contribution in [0.15, 0.2) is 77.2 Å². The summed E-state index contributed by atoms with van der Waals surface area (Å²) in [5.74, 6) is -2.21. The van der Waals surface area contributed by atoms with Crippen molar-refractivity contribution in [1.29, 1.82) is 0 Å². The topological polar surface area (TPSA) is 171 Å². The van der Waals surface area contributed by atoms with Crippen molar-refractivity contribution in [2.75, 3.05) is 38.4 Å². The summed E-state index contributed by atoms with van der Waals surface area (Å²) in [6.07, 6.45) is -0.768. The second-order valence-corrected chi connectivity index (χ2v) is 15.7. The normalized spacial score (nSPS) is 14.1. The number of benzene rings is 3. The molecule has 6 aromatic rings. The lowest BCUT2D eigenvalue weighted by molar-refractivity contribution is -0.151. The van der Waals surface area contributed by atoms with Crippen molar-refractivity contribution in [2.24, 2.45) is 5.92 Å². The van der Waals surface area contributed by atoms with Gasteiger partial charge in [-0.1, -0.05) is 19.9 Å². The lowest BCUT2D eigenvalue weighted by Gasteiger charge is -2.30. The molecule has 1 unspecified atom stereocenters. The number of anilines is 1. The van der Waals surface area contributed by atoms with E-state index in [1.54, 1.807) is 48.7 Å². The fourth-order valence-corrected chi connectivity index (χ4v) is 7.26.